The molecule has 2 aromatic heterocycles. The summed E-state index contributed by atoms with van der Waals surface area (Å²) < 4.78 is 27.0. The third kappa shape index (κ3) is 3.66. The molecule has 1 unspecified atom stereocenters. The van der Waals surface area contributed by atoms with Crippen LogP contribution in [0.4, 0.5) is 0 Å². The smallest absolute Gasteiger partial charge is 0.322 e. The van der Waals surface area contributed by atoms with Crippen molar-refractivity contribution >= 4 is 43.3 Å². The lowest BCUT2D eigenvalue weighted by molar-refractivity contribution is -0.138. The Morgan fingerprint density at radius 3 is 2.80 bits per heavy atom. The number of carboxylic acid groups (broad SMARTS) is 1. The Morgan fingerprint density at radius 2 is 2.30 bits per heavy atom. The van der Waals surface area contributed by atoms with Crippen molar-refractivity contribution in [3.8, 4) is 0 Å². The number of carbonyl (C=O) groups is 1. The van der Waals surface area contributed by atoms with Crippen molar-refractivity contribution in [2.75, 3.05) is 0 Å². The van der Waals surface area contributed by atoms with Crippen LogP contribution in [0.5, 0.6) is 0 Å². The van der Waals surface area contributed by atoms with Crippen molar-refractivity contribution < 1.29 is 18.3 Å². The largest absolute Gasteiger partial charge is 0.480 e. The Morgan fingerprint density at radius 1 is 1.55 bits per heavy atom. The first-order valence-corrected chi connectivity index (χ1v) is 8.45. The molecule has 20 heavy (non-hydrogen) atoms. The maximum atomic E-state index is 12.1. The van der Waals surface area contributed by atoms with Crippen molar-refractivity contribution in [3.63, 3.8) is 0 Å². The number of hydrogen-bond donors (Lipinski definition) is 3. The highest BCUT2D eigenvalue weighted by Crippen LogP contribution is 2.26. The summed E-state index contributed by atoms with van der Waals surface area (Å²) in [5.41, 5.74) is 0.535. The number of nitrogens with zero attached hydrogens (tertiary/aromatic N) is 1. The summed E-state index contributed by atoms with van der Waals surface area (Å²) in [5, 5.41) is 9.12. The number of aromatic nitrogens is 2. The van der Waals surface area contributed by atoms with Gasteiger partial charge in [-0.3, -0.25) is 4.79 Å². The fraction of sp³-hybridized carbons (Fsp3) is 0.200. The molecule has 1 atom stereocenters. The molecule has 0 bridgehead atoms. The zero-order valence-electron chi connectivity index (χ0n) is 9.91. The van der Waals surface area contributed by atoms with E-state index in [1.165, 1.54) is 18.6 Å². The standard InChI is InChI=1S/C10H10BrN3O4S2/c11-8-1-2-9(19-8)20(17,18)14-7(10(15)16)3-6-4-12-5-13-6/h1-2,4-5,7,14H,3H2,(H,12,13)(H,15,16). The highest BCUT2D eigenvalue weighted by Gasteiger charge is 2.27. The van der Waals surface area contributed by atoms with Crippen molar-refractivity contribution in [2.45, 2.75) is 16.7 Å². The predicted octanol–water partition coefficient (Wildman–Crippen LogP) is 1.21. The van der Waals surface area contributed by atoms with Crippen molar-refractivity contribution in [1.29, 1.82) is 0 Å². The average Bonchev–Trinajstić information content (AvgIpc) is 2.99. The molecule has 0 aliphatic heterocycles. The molecule has 7 nitrogen and oxygen atoms in total. The number of aliphatic carboxylic acids is 1. The zero-order valence-corrected chi connectivity index (χ0v) is 13.1. The lowest BCUT2D eigenvalue weighted by Gasteiger charge is -2.12. The number of aromatic amines is 1. The van der Waals surface area contributed by atoms with Crippen LogP contribution in [0.1, 0.15) is 5.69 Å². The molecule has 0 aliphatic rings. The fourth-order valence-electron chi connectivity index (χ4n) is 1.48. The number of thiophene rings is 1. The van der Waals surface area contributed by atoms with E-state index in [9.17, 15) is 13.2 Å². The van der Waals surface area contributed by atoms with Gasteiger partial charge in [0.1, 0.15) is 10.3 Å². The SMILES string of the molecule is O=C(O)C(Cc1cnc[nH]1)NS(=O)(=O)c1ccc(Br)s1. The van der Waals surface area contributed by atoms with Crippen molar-refractivity contribution in [1.82, 2.24) is 14.7 Å². The summed E-state index contributed by atoms with van der Waals surface area (Å²) in [5.74, 6) is -1.25. The van der Waals surface area contributed by atoms with Gasteiger partial charge in [0.25, 0.3) is 10.0 Å². The Hall–Kier alpha value is -1.23. The van der Waals surface area contributed by atoms with E-state index in [-0.39, 0.29) is 10.6 Å². The molecule has 2 rings (SSSR count). The van der Waals surface area contributed by atoms with E-state index < -0.39 is 22.0 Å². The number of rotatable bonds is 6. The maximum Gasteiger partial charge on any atom is 0.322 e. The second-order valence-corrected chi connectivity index (χ2v) is 8.26. The Bertz CT molecular complexity index is 696. The molecular weight excluding hydrogens is 370 g/mol. The van der Waals surface area contributed by atoms with E-state index in [1.807, 2.05) is 0 Å². The van der Waals surface area contributed by atoms with Gasteiger partial charge in [-0.25, -0.2) is 13.4 Å². The van der Waals surface area contributed by atoms with Crippen LogP contribution >= 0.6 is 27.3 Å². The van der Waals surface area contributed by atoms with Gasteiger partial charge in [-0.2, -0.15) is 4.72 Å². The summed E-state index contributed by atoms with van der Waals surface area (Å²) in [7, 11) is -3.86. The van der Waals surface area contributed by atoms with Gasteiger partial charge < -0.3 is 10.1 Å². The molecule has 0 aromatic carbocycles. The van der Waals surface area contributed by atoms with Crippen LogP contribution in [0.2, 0.25) is 0 Å². The quantitative estimate of drug-likeness (QED) is 0.697. The molecule has 10 heteroatoms. The fourth-order valence-corrected chi connectivity index (χ4v) is 4.70. The number of carboxylic acids is 1. The van der Waals surface area contributed by atoms with Gasteiger partial charge in [0.2, 0.25) is 0 Å². The predicted molar refractivity (Wildman–Crippen MR) is 76.1 cm³/mol. The number of hydrogen-bond acceptors (Lipinski definition) is 5. The highest BCUT2D eigenvalue weighted by molar-refractivity contribution is 9.11. The molecule has 0 amide bonds. The molecule has 0 aliphatic carbocycles. The topological polar surface area (TPSA) is 112 Å². The first-order valence-electron chi connectivity index (χ1n) is 5.36. The van der Waals surface area contributed by atoms with Crippen LogP contribution in [0.25, 0.3) is 0 Å². The molecule has 0 saturated carbocycles. The van der Waals surface area contributed by atoms with E-state index in [1.54, 1.807) is 6.07 Å². The van der Waals surface area contributed by atoms with Crippen LogP contribution in [-0.4, -0.2) is 35.5 Å². The molecule has 3 N–H and O–H groups in total. The van der Waals surface area contributed by atoms with Gasteiger partial charge in [0.05, 0.1) is 10.1 Å². The van der Waals surface area contributed by atoms with Crippen LogP contribution < -0.4 is 4.72 Å². The monoisotopic (exact) mass is 379 g/mol. The minimum Gasteiger partial charge on any atom is -0.480 e. The van der Waals surface area contributed by atoms with Crippen molar-refractivity contribution in [3.05, 3.63) is 34.1 Å². The summed E-state index contributed by atoms with van der Waals surface area (Å²) in [6.07, 6.45) is 2.84. The average molecular weight is 380 g/mol. The minimum atomic E-state index is -3.86. The van der Waals surface area contributed by atoms with Crippen LogP contribution in [0, 0.1) is 0 Å². The Kier molecular flexibility index (Phi) is 4.58. The van der Waals surface area contributed by atoms with Crippen LogP contribution in [0.15, 0.2) is 32.7 Å². The van der Waals surface area contributed by atoms with E-state index in [0.717, 1.165) is 11.3 Å². The number of H-pyrrole nitrogens is 1. The first kappa shape index (κ1) is 15.2. The van der Waals surface area contributed by atoms with E-state index in [2.05, 4.69) is 30.6 Å². The zero-order chi connectivity index (χ0) is 14.8. The molecule has 0 saturated heterocycles. The van der Waals surface area contributed by atoms with Gasteiger partial charge >= 0.3 is 5.97 Å². The van der Waals surface area contributed by atoms with Gasteiger partial charge in [-0.05, 0) is 28.1 Å². The highest BCUT2D eigenvalue weighted by atomic mass is 79.9. The number of halogens is 1. The van der Waals surface area contributed by atoms with Crippen molar-refractivity contribution in [2.24, 2.45) is 0 Å². The molecule has 108 valence electrons. The molecule has 0 fully saturated rings. The molecular formula is C10H10BrN3O4S2. The number of nitrogens with one attached hydrogen (secondary N) is 2. The van der Waals surface area contributed by atoms with Crippen LogP contribution in [-0.2, 0) is 21.2 Å². The molecule has 0 radical (unpaired) electrons. The van der Waals surface area contributed by atoms with Gasteiger partial charge in [-0.15, -0.1) is 11.3 Å². The number of sulfonamides is 1. The summed E-state index contributed by atoms with van der Waals surface area (Å²) in [4.78, 5) is 17.7. The third-order valence-corrected chi connectivity index (χ3v) is 5.97. The summed E-state index contributed by atoms with van der Waals surface area (Å²) in [6, 6.07) is 1.73. The Labute approximate surface area is 127 Å². The second kappa shape index (κ2) is 6.04. The molecule has 2 heterocycles. The normalized spacial score (nSPS) is 13.2. The minimum absolute atomic E-state index is 0.0128. The van der Waals surface area contributed by atoms with E-state index >= 15 is 0 Å². The number of imidazole rings is 1. The maximum absolute atomic E-state index is 12.1. The molecule has 0 spiro atoms. The Balaban J connectivity index is 2.17. The van der Waals surface area contributed by atoms with Gasteiger partial charge in [-0.1, -0.05) is 0 Å². The van der Waals surface area contributed by atoms with Gasteiger partial charge in [0, 0.05) is 18.3 Å². The molecule has 2 aromatic rings. The third-order valence-electron chi connectivity index (χ3n) is 2.39. The van der Waals surface area contributed by atoms with Crippen LogP contribution in [0.3, 0.4) is 0 Å². The summed E-state index contributed by atoms with van der Waals surface area (Å²) in [6.45, 7) is 0. The lowest BCUT2D eigenvalue weighted by atomic mass is 10.2. The summed E-state index contributed by atoms with van der Waals surface area (Å²) >= 11 is 4.17. The van der Waals surface area contributed by atoms with E-state index in [0.29, 0.717) is 9.48 Å². The first-order chi connectivity index (χ1) is 9.38. The lowest BCUT2D eigenvalue weighted by Crippen LogP contribution is -2.42. The second-order valence-electron chi connectivity index (χ2n) is 3.85. The van der Waals surface area contributed by atoms with E-state index in [4.69, 9.17) is 5.11 Å². The van der Waals surface area contributed by atoms with Gasteiger partial charge in [0.15, 0.2) is 0 Å².